The van der Waals surface area contributed by atoms with Gasteiger partial charge in [-0.2, -0.15) is 25.1 Å². The van der Waals surface area contributed by atoms with Crippen LogP contribution in [0.5, 0.6) is 0 Å². The predicted molar refractivity (Wildman–Crippen MR) is 140 cm³/mol. The molecule has 3 heterocycles. The molecule has 0 saturated carbocycles. The summed E-state index contributed by atoms with van der Waals surface area (Å²) in [7, 11) is 0. The first-order valence-corrected chi connectivity index (χ1v) is 11.4. The van der Waals surface area contributed by atoms with Gasteiger partial charge >= 0.3 is 0 Å². The van der Waals surface area contributed by atoms with Gasteiger partial charge in [0.05, 0.1) is 45.9 Å². The number of H-pyrrole nitrogens is 1. The van der Waals surface area contributed by atoms with Crippen LogP contribution in [0.15, 0.2) is 73.0 Å². The van der Waals surface area contributed by atoms with Crippen LogP contribution in [0.4, 0.5) is 25.8 Å². The van der Waals surface area contributed by atoms with E-state index in [0.717, 1.165) is 0 Å². The lowest BCUT2D eigenvalue weighted by Gasteiger charge is -2.20. The number of fused-ring (bicyclic) bond motifs is 1. The van der Waals surface area contributed by atoms with Crippen LogP contribution < -0.4 is 10.6 Å². The summed E-state index contributed by atoms with van der Waals surface area (Å²) in [6, 6.07) is 6.55. The van der Waals surface area contributed by atoms with Gasteiger partial charge in [-0.1, -0.05) is 30.3 Å². The van der Waals surface area contributed by atoms with E-state index in [1.807, 2.05) is 0 Å². The van der Waals surface area contributed by atoms with Gasteiger partial charge in [0.2, 0.25) is 5.95 Å². The molecule has 0 aliphatic heterocycles. The monoisotopic (exact) mass is 518 g/mol. The molecule has 0 saturated heterocycles. The number of halogens is 3. The molecule has 0 aliphatic rings. The third-order valence-corrected chi connectivity index (χ3v) is 5.76. The Morgan fingerprint density at radius 3 is 2.68 bits per heavy atom. The number of pyridine rings is 2. The van der Waals surface area contributed by atoms with E-state index in [2.05, 4.69) is 48.7 Å². The highest BCUT2D eigenvalue weighted by Gasteiger charge is 2.19. The summed E-state index contributed by atoms with van der Waals surface area (Å²) in [6.07, 6.45) is 8.44. The van der Waals surface area contributed by atoms with Gasteiger partial charge < -0.3 is 10.6 Å². The van der Waals surface area contributed by atoms with E-state index in [9.17, 15) is 14.0 Å². The molecule has 37 heavy (non-hydrogen) atoms. The van der Waals surface area contributed by atoms with Crippen molar-refractivity contribution in [2.24, 2.45) is 0 Å². The van der Waals surface area contributed by atoms with Gasteiger partial charge in [0.25, 0.3) is 0 Å². The van der Waals surface area contributed by atoms with Crippen molar-refractivity contribution in [1.29, 1.82) is 5.26 Å². The van der Waals surface area contributed by atoms with E-state index >= 15 is 0 Å². The average molecular weight is 519 g/mol. The van der Waals surface area contributed by atoms with Crippen LogP contribution >= 0.6 is 11.6 Å². The number of hydrogen-bond donors (Lipinski definition) is 3. The first-order chi connectivity index (χ1) is 17.8. The number of nitrogens with zero attached hydrogens (tertiary/aromatic N) is 5. The van der Waals surface area contributed by atoms with E-state index in [1.165, 1.54) is 36.8 Å². The quantitative estimate of drug-likeness (QED) is 0.178. The number of anilines is 3. The van der Waals surface area contributed by atoms with E-state index in [-0.39, 0.29) is 5.56 Å². The Balaban J connectivity index is 1.79. The molecule has 0 amide bonds. The summed E-state index contributed by atoms with van der Waals surface area (Å²) < 4.78 is 27.4. The van der Waals surface area contributed by atoms with Crippen molar-refractivity contribution in [3.63, 3.8) is 0 Å². The number of aromatic amines is 1. The largest absolute Gasteiger partial charge is 0.373 e. The molecular weight excluding hydrogens is 498 g/mol. The highest BCUT2D eigenvalue weighted by atomic mass is 35.5. The summed E-state index contributed by atoms with van der Waals surface area (Å²) in [5.41, 5.74) is 3.55. The maximum atomic E-state index is 13.7. The highest BCUT2D eigenvalue weighted by Crippen LogP contribution is 2.36. The maximum absolute atomic E-state index is 13.7. The Morgan fingerprint density at radius 1 is 1.19 bits per heavy atom. The lowest BCUT2D eigenvalue weighted by Crippen LogP contribution is -2.13. The van der Waals surface area contributed by atoms with Gasteiger partial charge in [-0.3, -0.25) is 4.98 Å². The summed E-state index contributed by atoms with van der Waals surface area (Å²) in [4.78, 5) is 8.09. The van der Waals surface area contributed by atoms with Crippen molar-refractivity contribution >= 4 is 39.6 Å². The number of hydrogen-bond acceptors (Lipinski definition) is 7. The maximum Gasteiger partial charge on any atom is 0.215 e. The zero-order chi connectivity index (χ0) is 26.5. The second-order valence-electron chi connectivity index (χ2n) is 8.02. The Bertz CT molecular complexity index is 1570. The zero-order valence-corrected chi connectivity index (χ0v) is 20.6. The van der Waals surface area contributed by atoms with Crippen molar-refractivity contribution in [1.82, 2.24) is 25.4 Å². The fourth-order valence-electron chi connectivity index (χ4n) is 3.59. The minimum atomic E-state index is -0.583. The fraction of sp³-hybridized carbons (Fsp3) is 0.115. The molecule has 4 rings (SSSR count). The van der Waals surface area contributed by atoms with Gasteiger partial charge in [-0.25, -0.2) is 9.37 Å². The van der Waals surface area contributed by atoms with Gasteiger partial charge in [0, 0.05) is 22.8 Å². The summed E-state index contributed by atoms with van der Waals surface area (Å²) >= 11 is 6.59. The molecule has 0 unspecified atom stereocenters. The number of rotatable bonds is 8. The van der Waals surface area contributed by atoms with Crippen LogP contribution in [0.2, 0.25) is 5.02 Å². The molecule has 3 N–H and O–H groups in total. The Kier molecular flexibility index (Phi) is 7.55. The number of nitrogens with one attached hydrogen (secondary N) is 3. The van der Waals surface area contributed by atoms with Gasteiger partial charge in [0.1, 0.15) is 17.6 Å². The molecule has 1 atom stereocenters. The van der Waals surface area contributed by atoms with Crippen molar-refractivity contribution in [3.8, 4) is 6.07 Å². The standard InChI is InChI=1S/C26H21ClF2N8/c1-4-17(28)6-5-14(2)23(22-13-33-37-36-22)34-18-8-20-24(35-19-7-15(3)26(29)32-12-19)16(10-30)11-31-25(20)21(27)9-18/h4-9,11-13,23,34H,2H2,1,3H3,(H,31,35)(H,33,36,37)/b6-5-,17-4+/t23-/m0/s1. The van der Waals surface area contributed by atoms with Crippen molar-refractivity contribution in [3.05, 3.63) is 101 Å². The molecular formula is C26H21ClF2N8. The van der Waals surface area contributed by atoms with E-state index in [0.29, 0.717) is 49.8 Å². The Morgan fingerprint density at radius 2 is 2.00 bits per heavy atom. The van der Waals surface area contributed by atoms with E-state index < -0.39 is 17.8 Å². The smallest absolute Gasteiger partial charge is 0.215 e. The fourth-order valence-corrected chi connectivity index (χ4v) is 3.85. The van der Waals surface area contributed by atoms with Crippen molar-refractivity contribution in [2.45, 2.75) is 19.9 Å². The second kappa shape index (κ2) is 11.0. The first-order valence-electron chi connectivity index (χ1n) is 11.0. The van der Waals surface area contributed by atoms with Crippen LogP contribution in [0.25, 0.3) is 10.9 Å². The second-order valence-corrected chi connectivity index (χ2v) is 8.43. The Hall–Kier alpha value is -4.62. The number of allylic oxidation sites excluding steroid dienone is 3. The van der Waals surface area contributed by atoms with Crippen LogP contribution in [-0.2, 0) is 0 Å². The Labute approximate surface area is 216 Å². The van der Waals surface area contributed by atoms with Gasteiger partial charge in [-0.15, -0.1) is 0 Å². The normalized spacial score (nSPS) is 12.5. The predicted octanol–water partition coefficient (Wildman–Crippen LogP) is 6.60. The lowest BCUT2D eigenvalue weighted by atomic mass is 10.0. The number of nitriles is 1. The van der Waals surface area contributed by atoms with Gasteiger partial charge in [0.15, 0.2) is 0 Å². The molecule has 3 aromatic heterocycles. The highest BCUT2D eigenvalue weighted by molar-refractivity contribution is 6.36. The number of aromatic nitrogens is 5. The lowest BCUT2D eigenvalue weighted by molar-refractivity contribution is 0.575. The molecule has 1 aromatic carbocycles. The van der Waals surface area contributed by atoms with Crippen molar-refractivity contribution < 1.29 is 8.78 Å². The summed E-state index contributed by atoms with van der Waals surface area (Å²) in [6.45, 7) is 7.23. The molecule has 186 valence electrons. The van der Waals surface area contributed by atoms with E-state index in [4.69, 9.17) is 11.6 Å². The molecule has 0 radical (unpaired) electrons. The topological polar surface area (TPSA) is 115 Å². The third-order valence-electron chi connectivity index (χ3n) is 5.47. The van der Waals surface area contributed by atoms with Crippen molar-refractivity contribution in [2.75, 3.05) is 10.6 Å². The molecule has 0 aliphatic carbocycles. The van der Waals surface area contributed by atoms with Crippen LogP contribution in [0.3, 0.4) is 0 Å². The van der Waals surface area contributed by atoms with Gasteiger partial charge in [-0.05, 0) is 43.7 Å². The van der Waals surface area contributed by atoms with Crippen LogP contribution in [0.1, 0.15) is 29.8 Å². The minimum Gasteiger partial charge on any atom is -0.373 e. The third kappa shape index (κ3) is 5.63. The molecule has 0 bridgehead atoms. The average Bonchev–Trinajstić information content (AvgIpc) is 3.42. The SMILES string of the molecule is C=C(/C=C\C(F)=C/C)[C@H](Nc1cc(Cl)c2ncc(C#N)c(Nc3cnc(F)c(C)c3)c2c1)c1cn[nH]n1. The van der Waals surface area contributed by atoms with Crippen LogP contribution in [-0.4, -0.2) is 25.4 Å². The summed E-state index contributed by atoms with van der Waals surface area (Å²) in [5.74, 6) is -0.993. The molecule has 0 fully saturated rings. The van der Waals surface area contributed by atoms with Crippen LogP contribution in [0, 0.1) is 24.2 Å². The summed E-state index contributed by atoms with van der Waals surface area (Å²) in [5, 5.41) is 27.6. The molecule has 4 aromatic rings. The molecule has 0 spiro atoms. The molecule has 8 nitrogen and oxygen atoms in total. The minimum absolute atomic E-state index is 0.255. The molecule has 11 heteroatoms. The van der Waals surface area contributed by atoms with E-state index in [1.54, 1.807) is 32.0 Å². The zero-order valence-electron chi connectivity index (χ0n) is 19.9. The number of aryl methyl sites for hydroxylation is 1. The number of benzene rings is 1. The first kappa shape index (κ1) is 25.5.